The minimum absolute atomic E-state index is 0.0724. The molecule has 33 heavy (non-hydrogen) atoms. The molecule has 2 aromatic carbocycles. The lowest BCUT2D eigenvalue weighted by Crippen LogP contribution is -2.42. The number of benzene rings is 2. The molecule has 0 bridgehead atoms. The molecule has 0 aromatic heterocycles. The number of anilines is 1. The van der Waals surface area contributed by atoms with Crippen LogP contribution in [0.5, 0.6) is 5.75 Å². The average Bonchev–Trinajstić information content (AvgIpc) is 3.60. The summed E-state index contributed by atoms with van der Waals surface area (Å²) in [5.41, 5.74) is 1.75. The van der Waals surface area contributed by atoms with E-state index in [0.29, 0.717) is 22.6 Å². The third-order valence-electron chi connectivity index (χ3n) is 5.61. The highest BCUT2D eigenvalue weighted by Gasteiger charge is 2.47. The Bertz CT molecular complexity index is 1080. The van der Waals surface area contributed by atoms with E-state index in [1.54, 1.807) is 67.5 Å². The number of rotatable bonds is 8. The molecular formula is C24H26N4O5. The molecule has 2 aliphatic rings. The summed E-state index contributed by atoms with van der Waals surface area (Å²) in [6, 6.07) is 13.1. The summed E-state index contributed by atoms with van der Waals surface area (Å²) in [6.07, 6.45) is 1.76. The minimum atomic E-state index is -0.713. The van der Waals surface area contributed by atoms with Gasteiger partial charge in [-0.15, -0.1) is 0 Å². The predicted molar refractivity (Wildman–Crippen MR) is 121 cm³/mol. The number of carbonyl (C=O) groups excluding carboxylic acids is 4. The van der Waals surface area contributed by atoms with E-state index < -0.39 is 11.9 Å². The molecule has 1 heterocycles. The van der Waals surface area contributed by atoms with Crippen LogP contribution in [0.1, 0.15) is 34.8 Å². The standard InChI is InChI=1S/C24H26N4O5/c1-27(2)21(30)14-33-17-11-7-15(8-12-17)26-20(29)13-25-23(31)22-18-5-3-4-6-19(18)24(32)28(22)16-9-10-16/h3-8,11-12,16,22H,9-10,13-14H2,1-2H3,(H,25,31)(H,26,29). The Morgan fingerprint density at radius 1 is 1.06 bits per heavy atom. The monoisotopic (exact) mass is 450 g/mol. The first-order valence-electron chi connectivity index (χ1n) is 10.8. The predicted octanol–water partition coefficient (Wildman–Crippen LogP) is 1.57. The van der Waals surface area contributed by atoms with Crippen LogP contribution in [0.25, 0.3) is 0 Å². The second kappa shape index (κ2) is 9.32. The molecule has 2 aromatic rings. The van der Waals surface area contributed by atoms with Crippen molar-refractivity contribution in [3.8, 4) is 5.75 Å². The fraction of sp³-hybridized carbons (Fsp3) is 0.333. The molecule has 1 fully saturated rings. The number of amides is 4. The van der Waals surface area contributed by atoms with Gasteiger partial charge in [0.1, 0.15) is 11.8 Å². The molecule has 1 aliphatic heterocycles. The number of fused-ring (bicyclic) bond motifs is 1. The summed E-state index contributed by atoms with van der Waals surface area (Å²) >= 11 is 0. The molecule has 0 saturated heterocycles. The van der Waals surface area contributed by atoms with Gasteiger partial charge in [-0.05, 0) is 48.7 Å². The SMILES string of the molecule is CN(C)C(=O)COc1ccc(NC(=O)CNC(=O)C2c3ccccc3C(=O)N2C2CC2)cc1. The van der Waals surface area contributed by atoms with Crippen LogP contribution < -0.4 is 15.4 Å². The molecule has 0 radical (unpaired) electrons. The Kier molecular flexibility index (Phi) is 6.30. The lowest BCUT2D eigenvalue weighted by Gasteiger charge is -2.24. The van der Waals surface area contributed by atoms with Crippen LogP contribution in [0.4, 0.5) is 5.69 Å². The first-order valence-corrected chi connectivity index (χ1v) is 10.8. The third kappa shape index (κ3) is 4.97. The van der Waals surface area contributed by atoms with Gasteiger partial charge in [-0.25, -0.2) is 0 Å². The summed E-state index contributed by atoms with van der Waals surface area (Å²) in [4.78, 5) is 52.7. The first-order chi connectivity index (χ1) is 15.8. The number of carbonyl (C=O) groups is 4. The van der Waals surface area contributed by atoms with E-state index in [-0.39, 0.29) is 36.9 Å². The molecule has 2 N–H and O–H groups in total. The molecule has 4 rings (SSSR count). The van der Waals surface area contributed by atoms with Crippen molar-refractivity contribution in [3.63, 3.8) is 0 Å². The number of hydrogen-bond donors (Lipinski definition) is 2. The molecule has 1 unspecified atom stereocenters. The highest BCUT2D eigenvalue weighted by molar-refractivity contribution is 6.05. The van der Waals surface area contributed by atoms with Gasteiger partial charge < -0.3 is 25.2 Å². The summed E-state index contributed by atoms with van der Waals surface area (Å²) in [5, 5.41) is 5.37. The maximum absolute atomic E-state index is 12.9. The summed E-state index contributed by atoms with van der Waals surface area (Å²) in [5.74, 6) is -0.552. The maximum Gasteiger partial charge on any atom is 0.259 e. The molecule has 0 spiro atoms. The summed E-state index contributed by atoms with van der Waals surface area (Å²) < 4.78 is 5.40. The van der Waals surface area contributed by atoms with E-state index in [1.165, 1.54) is 4.90 Å². The van der Waals surface area contributed by atoms with Crippen molar-refractivity contribution in [3.05, 3.63) is 59.7 Å². The van der Waals surface area contributed by atoms with Crippen molar-refractivity contribution in [1.29, 1.82) is 0 Å². The van der Waals surface area contributed by atoms with Gasteiger partial charge in [-0.3, -0.25) is 19.2 Å². The number of hydrogen-bond acceptors (Lipinski definition) is 5. The fourth-order valence-electron chi connectivity index (χ4n) is 3.71. The lowest BCUT2D eigenvalue weighted by atomic mass is 10.0. The Labute approximate surface area is 191 Å². The highest BCUT2D eigenvalue weighted by Crippen LogP contribution is 2.41. The molecule has 1 aliphatic carbocycles. The van der Waals surface area contributed by atoms with Crippen LogP contribution in [0.15, 0.2) is 48.5 Å². The average molecular weight is 450 g/mol. The molecule has 4 amide bonds. The van der Waals surface area contributed by atoms with Gasteiger partial charge in [0.05, 0.1) is 6.54 Å². The van der Waals surface area contributed by atoms with Gasteiger partial charge in [0, 0.05) is 31.4 Å². The van der Waals surface area contributed by atoms with Crippen LogP contribution >= 0.6 is 0 Å². The van der Waals surface area contributed by atoms with E-state index >= 15 is 0 Å². The van der Waals surface area contributed by atoms with Crippen LogP contribution in [-0.2, 0) is 14.4 Å². The van der Waals surface area contributed by atoms with Gasteiger partial charge in [-0.1, -0.05) is 18.2 Å². The van der Waals surface area contributed by atoms with Gasteiger partial charge in [0.15, 0.2) is 6.61 Å². The minimum Gasteiger partial charge on any atom is -0.484 e. The van der Waals surface area contributed by atoms with E-state index in [4.69, 9.17) is 4.74 Å². The zero-order valence-electron chi connectivity index (χ0n) is 18.5. The lowest BCUT2D eigenvalue weighted by molar-refractivity contribution is -0.130. The second-order valence-corrected chi connectivity index (χ2v) is 8.30. The number of nitrogens with one attached hydrogen (secondary N) is 2. The Balaban J connectivity index is 1.31. The molecule has 1 saturated carbocycles. The van der Waals surface area contributed by atoms with Crippen molar-refractivity contribution >= 4 is 29.3 Å². The van der Waals surface area contributed by atoms with Crippen molar-refractivity contribution in [2.75, 3.05) is 32.6 Å². The molecular weight excluding hydrogens is 424 g/mol. The second-order valence-electron chi connectivity index (χ2n) is 8.30. The van der Waals surface area contributed by atoms with Crippen molar-refractivity contribution in [1.82, 2.24) is 15.1 Å². The van der Waals surface area contributed by atoms with Crippen molar-refractivity contribution in [2.24, 2.45) is 0 Å². The van der Waals surface area contributed by atoms with Gasteiger partial charge >= 0.3 is 0 Å². The molecule has 172 valence electrons. The van der Waals surface area contributed by atoms with E-state index in [2.05, 4.69) is 10.6 Å². The summed E-state index contributed by atoms with van der Waals surface area (Å²) in [7, 11) is 3.30. The molecule has 9 heteroatoms. The van der Waals surface area contributed by atoms with E-state index in [1.807, 2.05) is 0 Å². The Hall–Kier alpha value is -3.88. The van der Waals surface area contributed by atoms with Crippen molar-refractivity contribution < 1.29 is 23.9 Å². The van der Waals surface area contributed by atoms with Crippen LogP contribution in [-0.4, -0.2) is 66.7 Å². The number of likely N-dealkylation sites (N-methyl/N-ethyl adjacent to an activating group) is 1. The molecule has 9 nitrogen and oxygen atoms in total. The van der Waals surface area contributed by atoms with Crippen LogP contribution in [0, 0.1) is 0 Å². The van der Waals surface area contributed by atoms with E-state index in [9.17, 15) is 19.2 Å². The highest BCUT2D eigenvalue weighted by atomic mass is 16.5. The Morgan fingerprint density at radius 3 is 2.42 bits per heavy atom. The summed E-state index contributed by atoms with van der Waals surface area (Å²) in [6.45, 7) is -0.296. The van der Waals surface area contributed by atoms with Crippen molar-refractivity contribution in [2.45, 2.75) is 24.9 Å². The van der Waals surface area contributed by atoms with Crippen LogP contribution in [0.3, 0.4) is 0 Å². The third-order valence-corrected chi connectivity index (χ3v) is 5.61. The Morgan fingerprint density at radius 2 is 1.76 bits per heavy atom. The van der Waals surface area contributed by atoms with E-state index in [0.717, 1.165) is 12.8 Å². The number of nitrogens with zero attached hydrogens (tertiary/aromatic N) is 2. The zero-order valence-corrected chi connectivity index (χ0v) is 18.5. The smallest absolute Gasteiger partial charge is 0.259 e. The molecule has 1 atom stereocenters. The van der Waals surface area contributed by atoms with Gasteiger partial charge in [0.25, 0.3) is 11.8 Å². The van der Waals surface area contributed by atoms with Gasteiger partial charge in [0.2, 0.25) is 11.8 Å². The zero-order chi connectivity index (χ0) is 23.5. The topological polar surface area (TPSA) is 108 Å². The largest absolute Gasteiger partial charge is 0.484 e. The normalized spacial score (nSPS) is 16.7. The maximum atomic E-state index is 12.9. The quantitative estimate of drug-likeness (QED) is 0.635. The fourth-order valence-corrected chi connectivity index (χ4v) is 3.71. The van der Waals surface area contributed by atoms with Crippen LogP contribution in [0.2, 0.25) is 0 Å². The first kappa shape index (κ1) is 22.3. The number of ether oxygens (including phenoxy) is 1. The van der Waals surface area contributed by atoms with Gasteiger partial charge in [-0.2, -0.15) is 0 Å².